The summed E-state index contributed by atoms with van der Waals surface area (Å²) in [6, 6.07) is 2.00. The Morgan fingerprint density at radius 1 is 1.44 bits per heavy atom. The number of alkyl halides is 1. The van der Waals surface area contributed by atoms with Crippen molar-refractivity contribution in [3.05, 3.63) is 0 Å². The number of nitrogens with zero attached hydrogens (tertiary/aromatic N) is 2. The van der Waals surface area contributed by atoms with Crippen LogP contribution in [-0.2, 0) is 4.74 Å². The second-order valence-corrected chi connectivity index (χ2v) is 5.68. The monoisotopic (exact) mass is 256 g/mol. The summed E-state index contributed by atoms with van der Waals surface area (Å²) in [5, 5.41) is 8.63. The third kappa shape index (κ3) is 4.52. The zero-order chi connectivity index (χ0) is 13.8. The van der Waals surface area contributed by atoms with Crippen LogP contribution in [0.4, 0.5) is 9.18 Å². The van der Waals surface area contributed by atoms with Gasteiger partial charge in [0.05, 0.1) is 6.07 Å². The molecule has 1 aliphatic heterocycles. The molecule has 0 aliphatic carbocycles. The Labute approximate surface area is 108 Å². The number of carbonyl (C=O) groups is 1. The molecule has 2 atom stereocenters. The lowest BCUT2D eigenvalue weighted by Gasteiger charge is -2.26. The molecule has 1 heterocycles. The Hall–Kier alpha value is -1.31. The third-order valence-electron chi connectivity index (χ3n) is 2.96. The minimum atomic E-state index is -1.00. The van der Waals surface area contributed by atoms with Crippen LogP contribution < -0.4 is 0 Å². The lowest BCUT2D eigenvalue weighted by molar-refractivity contribution is 0.0254. The van der Waals surface area contributed by atoms with E-state index < -0.39 is 17.9 Å². The second-order valence-electron chi connectivity index (χ2n) is 5.68. The third-order valence-corrected chi connectivity index (χ3v) is 2.96. The quantitative estimate of drug-likeness (QED) is 0.725. The van der Waals surface area contributed by atoms with E-state index in [2.05, 4.69) is 0 Å². The normalized spacial score (nSPS) is 25.2. The summed E-state index contributed by atoms with van der Waals surface area (Å²) in [6.45, 7) is 6.23. The second kappa shape index (κ2) is 6.03. The van der Waals surface area contributed by atoms with Gasteiger partial charge in [0, 0.05) is 25.4 Å². The minimum absolute atomic E-state index is 0.212. The van der Waals surface area contributed by atoms with E-state index in [-0.39, 0.29) is 18.8 Å². The zero-order valence-corrected chi connectivity index (χ0v) is 11.3. The van der Waals surface area contributed by atoms with Crippen LogP contribution in [0.1, 0.15) is 40.0 Å². The molecule has 2 unspecified atom stereocenters. The van der Waals surface area contributed by atoms with Crippen LogP contribution in [0.25, 0.3) is 0 Å². The summed E-state index contributed by atoms with van der Waals surface area (Å²) in [7, 11) is 0. The van der Waals surface area contributed by atoms with Crippen LogP contribution in [0.5, 0.6) is 0 Å². The first-order valence-corrected chi connectivity index (χ1v) is 6.32. The molecule has 1 aliphatic rings. The summed E-state index contributed by atoms with van der Waals surface area (Å²) >= 11 is 0. The SMILES string of the molecule is CC(C)(C)OC(=O)N1CCC(F)C(CC#N)CC1. The Morgan fingerprint density at radius 2 is 2.06 bits per heavy atom. The molecule has 0 radical (unpaired) electrons. The van der Waals surface area contributed by atoms with Crippen molar-refractivity contribution in [2.45, 2.75) is 51.8 Å². The molecule has 4 nitrogen and oxygen atoms in total. The van der Waals surface area contributed by atoms with Gasteiger partial charge in [0.2, 0.25) is 0 Å². The number of hydrogen-bond donors (Lipinski definition) is 0. The van der Waals surface area contributed by atoms with Crippen LogP contribution in [0.3, 0.4) is 0 Å². The number of ether oxygens (including phenoxy) is 1. The van der Waals surface area contributed by atoms with E-state index in [9.17, 15) is 9.18 Å². The van der Waals surface area contributed by atoms with Crippen molar-refractivity contribution >= 4 is 6.09 Å². The van der Waals surface area contributed by atoms with E-state index in [1.807, 2.05) is 6.07 Å². The van der Waals surface area contributed by atoms with E-state index in [0.717, 1.165) is 0 Å². The van der Waals surface area contributed by atoms with Gasteiger partial charge in [-0.1, -0.05) is 0 Å². The van der Waals surface area contributed by atoms with E-state index in [4.69, 9.17) is 10.00 Å². The van der Waals surface area contributed by atoms with Gasteiger partial charge in [0.25, 0.3) is 0 Å². The first kappa shape index (κ1) is 14.7. The Kier molecular flexibility index (Phi) is 4.94. The highest BCUT2D eigenvalue weighted by atomic mass is 19.1. The molecule has 1 rings (SSSR count). The van der Waals surface area contributed by atoms with Gasteiger partial charge in [-0.2, -0.15) is 5.26 Å². The molecule has 0 spiro atoms. The Morgan fingerprint density at radius 3 is 2.61 bits per heavy atom. The van der Waals surface area contributed by atoms with Gasteiger partial charge >= 0.3 is 6.09 Å². The Balaban J connectivity index is 2.56. The van der Waals surface area contributed by atoms with E-state index in [0.29, 0.717) is 19.5 Å². The van der Waals surface area contributed by atoms with Gasteiger partial charge in [0.1, 0.15) is 11.8 Å². The van der Waals surface area contributed by atoms with E-state index in [1.54, 1.807) is 20.8 Å². The van der Waals surface area contributed by atoms with Gasteiger partial charge in [-0.05, 0) is 33.6 Å². The summed E-state index contributed by atoms with van der Waals surface area (Å²) in [6.07, 6.45) is -0.382. The maximum Gasteiger partial charge on any atom is 0.410 e. The molecule has 0 bridgehead atoms. The number of likely N-dealkylation sites (tertiary alicyclic amines) is 1. The molecule has 102 valence electrons. The predicted octanol–water partition coefficient (Wildman–Crippen LogP) is 2.89. The van der Waals surface area contributed by atoms with Crippen LogP contribution >= 0.6 is 0 Å². The summed E-state index contributed by atoms with van der Waals surface area (Å²) in [5.41, 5.74) is -0.537. The van der Waals surface area contributed by atoms with Crippen molar-refractivity contribution in [3.63, 3.8) is 0 Å². The van der Waals surface area contributed by atoms with Crippen molar-refractivity contribution in [2.75, 3.05) is 13.1 Å². The highest BCUT2D eigenvalue weighted by Crippen LogP contribution is 2.24. The van der Waals surface area contributed by atoms with Gasteiger partial charge in [-0.3, -0.25) is 0 Å². The standard InChI is InChI=1S/C13H21FN2O2/c1-13(2,3)18-12(17)16-8-5-10(4-7-15)11(14)6-9-16/h10-11H,4-6,8-9H2,1-3H3. The first-order chi connectivity index (χ1) is 8.33. The van der Waals surface area contributed by atoms with Crippen molar-refractivity contribution in [3.8, 4) is 6.07 Å². The molecule has 18 heavy (non-hydrogen) atoms. The number of carbonyl (C=O) groups excluding carboxylic acids is 1. The predicted molar refractivity (Wildman–Crippen MR) is 65.7 cm³/mol. The number of amides is 1. The van der Waals surface area contributed by atoms with Crippen LogP contribution in [0.15, 0.2) is 0 Å². The van der Waals surface area contributed by atoms with Crippen molar-refractivity contribution in [1.29, 1.82) is 5.26 Å². The van der Waals surface area contributed by atoms with Gasteiger partial charge in [0.15, 0.2) is 0 Å². The molecule has 1 amide bonds. The summed E-state index contributed by atoms with van der Waals surface area (Å²) in [5.74, 6) is -0.262. The topological polar surface area (TPSA) is 53.3 Å². The largest absolute Gasteiger partial charge is 0.444 e. The lowest BCUT2D eigenvalue weighted by Crippen LogP contribution is -2.37. The molecular formula is C13H21FN2O2. The van der Waals surface area contributed by atoms with Crippen molar-refractivity contribution < 1.29 is 13.9 Å². The average molecular weight is 256 g/mol. The Bertz CT molecular complexity index is 333. The fourth-order valence-electron chi connectivity index (χ4n) is 1.99. The summed E-state index contributed by atoms with van der Waals surface area (Å²) < 4.78 is 19.0. The van der Waals surface area contributed by atoms with E-state index >= 15 is 0 Å². The number of rotatable bonds is 1. The zero-order valence-electron chi connectivity index (χ0n) is 11.3. The van der Waals surface area contributed by atoms with Crippen LogP contribution in [0, 0.1) is 17.2 Å². The minimum Gasteiger partial charge on any atom is -0.444 e. The number of nitriles is 1. The van der Waals surface area contributed by atoms with Crippen LogP contribution in [-0.4, -0.2) is 35.9 Å². The van der Waals surface area contributed by atoms with E-state index in [1.165, 1.54) is 4.90 Å². The summed E-state index contributed by atoms with van der Waals surface area (Å²) in [4.78, 5) is 13.4. The number of hydrogen-bond acceptors (Lipinski definition) is 3. The highest BCUT2D eigenvalue weighted by Gasteiger charge is 2.30. The van der Waals surface area contributed by atoms with Crippen molar-refractivity contribution in [1.82, 2.24) is 4.90 Å². The highest BCUT2D eigenvalue weighted by molar-refractivity contribution is 5.68. The van der Waals surface area contributed by atoms with Gasteiger partial charge in [-0.25, -0.2) is 9.18 Å². The van der Waals surface area contributed by atoms with Crippen LogP contribution in [0.2, 0.25) is 0 Å². The fourth-order valence-corrected chi connectivity index (χ4v) is 1.99. The molecule has 0 saturated carbocycles. The maximum absolute atomic E-state index is 13.7. The molecule has 0 N–H and O–H groups in total. The van der Waals surface area contributed by atoms with Gasteiger partial charge < -0.3 is 9.64 Å². The number of halogens is 1. The molecule has 1 fully saturated rings. The molecule has 5 heteroatoms. The molecule has 0 aromatic carbocycles. The maximum atomic E-state index is 13.7. The lowest BCUT2D eigenvalue weighted by atomic mass is 9.96. The van der Waals surface area contributed by atoms with Crippen molar-refractivity contribution in [2.24, 2.45) is 5.92 Å². The molecular weight excluding hydrogens is 235 g/mol. The molecule has 0 aromatic rings. The fraction of sp³-hybridized carbons (Fsp3) is 0.846. The average Bonchev–Trinajstić information content (AvgIpc) is 2.40. The first-order valence-electron chi connectivity index (χ1n) is 6.32. The smallest absolute Gasteiger partial charge is 0.410 e. The van der Waals surface area contributed by atoms with Gasteiger partial charge in [-0.15, -0.1) is 0 Å². The molecule has 1 saturated heterocycles. The molecule has 0 aromatic heterocycles.